The summed E-state index contributed by atoms with van der Waals surface area (Å²) in [6, 6.07) is 13.7. The quantitative estimate of drug-likeness (QED) is 0.574. The summed E-state index contributed by atoms with van der Waals surface area (Å²) in [6.45, 7) is 1.67. The summed E-state index contributed by atoms with van der Waals surface area (Å²) in [5.74, 6) is -0.571. The molecule has 2 aromatic carbocycles. The first kappa shape index (κ1) is 18.2. The van der Waals surface area contributed by atoms with Crippen LogP contribution in [0.2, 0.25) is 5.02 Å². The van der Waals surface area contributed by atoms with Gasteiger partial charge in [0.25, 0.3) is 5.91 Å². The molecule has 0 saturated carbocycles. The molecule has 0 radical (unpaired) electrons. The van der Waals surface area contributed by atoms with E-state index >= 15 is 0 Å². The van der Waals surface area contributed by atoms with Gasteiger partial charge in [0, 0.05) is 26.5 Å². The number of carbonyl (C=O) groups excluding carboxylic acids is 2. The molecule has 2 rings (SSSR count). The zero-order chi connectivity index (χ0) is 17.5. The number of nitrogens with zero attached hydrogens (tertiary/aromatic N) is 1. The van der Waals surface area contributed by atoms with E-state index in [4.69, 9.17) is 11.6 Å². The highest BCUT2D eigenvalue weighted by Gasteiger charge is 2.07. The molecule has 0 aliphatic carbocycles. The lowest BCUT2D eigenvalue weighted by Gasteiger charge is -2.06. The standard InChI is InChI=1S/C17H15BrClN3O2/c1-11(10-16(23)20-15-8-4-13(18)5-9-15)21-22-17(24)12-2-6-14(19)7-3-12/h2-9H,10H2,1H3,(H,20,23)(H,22,24). The van der Waals surface area contributed by atoms with Crippen LogP contribution in [0.4, 0.5) is 5.69 Å². The van der Waals surface area contributed by atoms with Gasteiger partial charge in [-0.25, -0.2) is 5.43 Å². The monoisotopic (exact) mass is 407 g/mol. The fourth-order valence-corrected chi connectivity index (χ4v) is 2.21. The largest absolute Gasteiger partial charge is 0.326 e. The minimum Gasteiger partial charge on any atom is -0.326 e. The Kier molecular flexibility index (Phi) is 6.52. The van der Waals surface area contributed by atoms with Crippen LogP contribution in [0.5, 0.6) is 0 Å². The van der Waals surface area contributed by atoms with Crippen LogP contribution < -0.4 is 10.7 Å². The number of hydrazone groups is 1. The van der Waals surface area contributed by atoms with E-state index in [1.807, 2.05) is 12.1 Å². The van der Waals surface area contributed by atoms with E-state index in [1.165, 1.54) is 0 Å². The van der Waals surface area contributed by atoms with Crippen molar-refractivity contribution < 1.29 is 9.59 Å². The first-order valence-electron chi connectivity index (χ1n) is 7.08. The molecule has 0 fully saturated rings. The second-order valence-electron chi connectivity index (χ2n) is 5.03. The molecule has 0 unspecified atom stereocenters. The molecule has 0 aliphatic heterocycles. The normalized spacial score (nSPS) is 11.0. The van der Waals surface area contributed by atoms with Crippen LogP contribution in [0.1, 0.15) is 23.7 Å². The highest BCUT2D eigenvalue weighted by Crippen LogP contribution is 2.14. The minimum absolute atomic E-state index is 0.0803. The van der Waals surface area contributed by atoms with E-state index in [0.717, 1.165) is 4.47 Å². The summed E-state index contributed by atoms with van der Waals surface area (Å²) >= 11 is 9.10. The molecule has 5 nitrogen and oxygen atoms in total. The third-order valence-electron chi connectivity index (χ3n) is 3.00. The first-order valence-corrected chi connectivity index (χ1v) is 8.25. The number of anilines is 1. The van der Waals surface area contributed by atoms with Gasteiger partial charge in [-0.1, -0.05) is 27.5 Å². The zero-order valence-electron chi connectivity index (χ0n) is 12.8. The molecule has 0 spiro atoms. The third kappa shape index (κ3) is 5.79. The molecule has 2 aromatic rings. The summed E-state index contributed by atoms with van der Waals surface area (Å²) in [6.07, 6.45) is 0.0803. The number of nitrogens with one attached hydrogen (secondary N) is 2. The minimum atomic E-state index is -0.362. The van der Waals surface area contributed by atoms with Gasteiger partial charge in [-0.3, -0.25) is 9.59 Å². The Morgan fingerprint density at radius 1 is 1.08 bits per heavy atom. The molecule has 0 aromatic heterocycles. The Hall–Kier alpha value is -2.18. The van der Waals surface area contributed by atoms with Gasteiger partial charge in [-0.15, -0.1) is 0 Å². The molecule has 24 heavy (non-hydrogen) atoms. The van der Waals surface area contributed by atoms with E-state index in [1.54, 1.807) is 43.3 Å². The molecule has 124 valence electrons. The van der Waals surface area contributed by atoms with Gasteiger partial charge in [-0.05, 0) is 55.5 Å². The number of benzene rings is 2. The molecular formula is C17H15BrClN3O2. The van der Waals surface area contributed by atoms with E-state index in [-0.39, 0.29) is 18.2 Å². The Morgan fingerprint density at radius 3 is 2.33 bits per heavy atom. The van der Waals surface area contributed by atoms with Crippen LogP contribution in [0.25, 0.3) is 0 Å². The number of halogens is 2. The number of rotatable bonds is 5. The Morgan fingerprint density at radius 2 is 1.71 bits per heavy atom. The van der Waals surface area contributed by atoms with Crippen molar-refractivity contribution in [1.29, 1.82) is 0 Å². The highest BCUT2D eigenvalue weighted by molar-refractivity contribution is 9.10. The summed E-state index contributed by atoms with van der Waals surface area (Å²) in [4.78, 5) is 23.8. The number of carbonyl (C=O) groups is 2. The van der Waals surface area contributed by atoms with Gasteiger partial charge in [0.15, 0.2) is 0 Å². The van der Waals surface area contributed by atoms with Crippen molar-refractivity contribution in [3.8, 4) is 0 Å². The fraction of sp³-hybridized carbons (Fsp3) is 0.118. The second kappa shape index (κ2) is 8.61. The van der Waals surface area contributed by atoms with Gasteiger partial charge in [-0.2, -0.15) is 5.10 Å². The van der Waals surface area contributed by atoms with Crippen molar-refractivity contribution in [2.75, 3.05) is 5.32 Å². The lowest BCUT2D eigenvalue weighted by molar-refractivity contribution is -0.115. The van der Waals surface area contributed by atoms with Crippen LogP contribution in [-0.4, -0.2) is 17.5 Å². The predicted octanol–water partition coefficient (Wildman–Crippen LogP) is 4.24. The van der Waals surface area contributed by atoms with Crippen molar-refractivity contribution in [2.24, 2.45) is 5.10 Å². The number of amides is 2. The molecule has 0 bridgehead atoms. The Balaban J connectivity index is 1.86. The lowest BCUT2D eigenvalue weighted by Crippen LogP contribution is -2.21. The highest BCUT2D eigenvalue weighted by atomic mass is 79.9. The summed E-state index contributed by atoms with van der Waals surface area (Å²) in [5, 5.41) is 7.24. The molecule has 0 atom stereocenters. The Labute approximate surface area is 153 Å². The van der Waals surface area contributed by atoms with Gasteiger partial charge < -0.3 is 5.32 Å². The van der Waals surface area contributed by atoms with E-state index in [9.17, 15) is 9.59 Å². The summed E-state index contributed by atoms with van der Waals surface area (Å²) in [5.41, 5.74) is 4.04. The van der Waals surface area contributed by atoms with Crippen molar-refractivity contribution >= 4 is 50.7 Å². The van der Waals surface area contributed by atoms with E-state index < -0.39 is 0 Å². The SMILES string of the molecule is CC(CC(=O)Nc1ccc(Br)cc1)=NNC(=O)c1ccc(Cl)cc1. The van der Waals surface area contributed by atoms with Crippen molar-refractivity contribution in [3.63, 3.8) is 0 Å². The van der Waals surface area contributed by atoms with Crippen LogP contribution in [0.3, 0.4) is 0 Å². The van der Waals surface area contributed by atoms with Crippen molar-refractivity contribution in [1.82, 2.24) is 5.43 Å². The molecule has 0 saturated heterocycles. The van der Waals surface area contributed by atoms with Crippen LogP contribution >= 0.6 is 27.5 Å². The lowest BCUT2D eigenvalue weighted by atomic mass is 10.2. The first-order chi connectivity index (χ1) is 11.4. The molecule has 0 aliphatic rings. The molecular weight excluding hydrogens is 394 g/mol. The van der Waals surface area contributed by atoms with Gasteiger partial charge >= 0.3 is 0 Å². The Bertz CT molecular complexity index is 758. The van der Waals surface area contributed by atoms with Crippen molar-refractivity contribution in [3.05, 3.63) is 63.6 Å². The molecule has 0 heterocycles. The van der Waals surface area contributed by atoms with E-state index in [0.29, 0.717) is 22.0 Å². The maximum absolute atomic E-state index is 11.9. The fourth-order valence-electron chi connectivity index (χ4n) is 1.82. The van der Waals surface area contributed by atoms with Crippen molar-refractivity contribution in [2.45, 2.75) is 13.3 Å². The van der Waals surface area contributed by atoms with Crippen LogP contribution in [0.15, 0.2) is 58.1 Å². The van der Waals surface area contributed by atoms with Gasteiger partial charge in [0.1, 0.15) is 0 Å². The zero-order valence-corrected chi connectivity index (χ0v) is 15.2. The average molecular weight is 409 g/mol. The molecule has 2 amide bonds. The second-order valence-corrected chi connectivity index (χ2v) is 6.38. The van der Waals surface area contributed by atoms with Gasteiger partial charge in [0.05, 0.1) is 6.42 Å². The smallest absolute Gasteiger partial charge is 0.271 e. The summed E-state index contributed by atoms with van der Waals surface area (Å²) in [7, 11) is 0. The predicted molar refractivity (Wildman–Crippen MR) is 99.4 cm³/mol. The molecule has 2 N–H and O–H groups in total. The maximum atomic E-state index is 11.9. The topological polar surface area (TPSA) is 70.6 Å². The van der Waals surface area contributed by atoms with Gasteiger partial charge in [0.2, 0.25) is 5.91 Å². The third-order valence-corrected chi connectivity index (χ3v) is 3.78. The van der Waals surface area contributed by atoms with Crippen LogP contribution in [0, 0.1) is 0 Å². The number of hydrogen-bond donors (Lipinski definition) is 2. The maximum Gasteiger partial charge on any atom is 0.271 e. The summed E-state index contributed by atoms with van der Waals surface area (Å²) < 4.78 is 0.933. The average Bonchev–Trinajstić information content (AvgIpc) is 2.55. The van der Waals surface area contributed by atoms with E-state index in [2.05, 4.69) is 31.8 Å². The molecule has 7 heteroatoms. The number of hydrogen-bond acceptors (Lipinski definition) is 3. The van der Waals surface area contributed by atoms with Crippen LogP contribution in [-0.2, 0) is 4.79 Å².